The van der Waals surface area contributed by atoms with E-state index in [1.165, 1.54) is 38.1 Å². The van der Waals surface area contributed by atoms with Gasteiger partial charge in [0.2, 0.25) is 5.91 Å². The zero-order chi connectivity index (χ0) is 24.8. The van der Waals surface area contributed by atoms with Gasteiger partial charge in [-0.25, -0.2) is 0 Å². The lowest BCUT2D eigenvalue weighted by Gasteiger charge is -2.13. The number of nitrogens with zero attached hydrogens (tertiary/aromatic N) is 1. The van der Waals surface area contributed by atoms with Gasteiger partial charge in [0.1, 0.15) is 5.75 Å². The molecule has 2 aliphatic heterocycles. The average Bonchev–Trinajstić information content (AvgIpc) is 3.34. The van der Waals surface area contributed by atoms with Gasteiger partial charge in [-0.2, -0.15) is 0 Å². The second-order valence-corrected chi connectivity index (χ2v) is 7.94. The Kier molecular flexibility index (Phi) is 8.19. The van der Waals surface area contributed by atoms with Crippen LogP contribution in [0.2, 0.25) is 0 Å². The van der Waals surface area contributed by atoms with Gasteiger partial charge in [0.15, 0.2) is 11.5 Å². The molecular weight excluding hydrogens is 463 g/mol. The summed E-state index contributed by atoms with van der Waals surface area (Å²) in [6.45, 7) is 3.45. The van der Waals surface area contributed by atoms with Crippen molar-refractivity contribution in [1.29, 1.82) is 0 Å². The van der Waals surface area contributed by atoms with Crippen molar-refractivity contribution in [3.05, 3.63) is 53.6 Å². The molecule has 11 heteroatoms. The Morgan fingerprint density at radius 2 is 1.62 bits per heavy atom. The van der Waals surface area contributed by atoms with Crippen LogP contribution in [0.4, 0.5) is 22.0 Å². The van der Waals surface area contributed by atoms with Crippen molar-refractivity contribution in [3.8, 4) is 17.2 Å². The Bertz CT molecular complexity index is 961. The number of ether oxygens (including phenoxy) is 3. The standard InChI is InChI=1S/C14H17F2NO2.C9H8F3NO2/c15-14(16)18-12-6-5-11(10-13(12)19-14)4-3-9-17-7-1-2-8-17;10-9(11,12)15-7-3-1-6(2-4-7)5-8(13)14/h5-6,10H,1-4,7-9H2;1-4H,5H2,(H2,13,14). The van der Waals surface area contributed by atoms with Crippen LogP contribution >= 0.6 is 0 Å². The van der Waals surface area contributed by atoms with Gasteiger partial charge in [-0.05, 0) is 80.7 Å². The summed E-state index contributed by atoms with van der Waals surface area (Å²) in [5.41, 5.74) is 6.47. The largest absolute Gasteiger partial charge is 0.586 e. The third kappa shape index (κ3) is 8.36. The molecule has 2 heterocycles. The van der Waals surface area contributed by atoms with Crippen molar-refractivity contribution in [2.45, 2.75) is 44.8 Å². The molecule has 0 aliphatic carbocycles. The zero-order valence-corrected chi connectivity index (χ0v) is 18.2. The fourth-order valence-corrected chi connectivity index (χ4v) is 3.67. The maximum atomic E-state index is 12.9. The summed E-state index contributed by atoms with van der Waals surface area (Å²) in [6, 6.07) is 10.0. The van der Waals surface area contributed by atoms with Crippen molar-refractivity contribution >= 4 is 5.91 Å². The first-order chi connectivity index (χ1) is 16.0. The molecule has 2 aromatic carbocycles. The SMILES string of the molecule is FC1(F)Oc2ccc(CCCN3CCCC3)cc2O1.NC(=O)Cc1ccc(OC(F)(F)F)cc1. The number of alkyl halides is 5. The van der Waals surface area contributed by atoms with Crippen LogP contribution in [0, 0.1) is 0 Å². The van der Waals surface area contributed by atoms with E-state index < -0.39 is 18.6 Å². The highest BCUT2D eigenvalue weighted by atomic mass is 19.4. The summed E-state index contributed by atoms with van der Waals surface area (Å²) in [5, 5.41) is 0. The van der Waals surface area contributed by atoms with E-state index >= 15 is 0 Å². The number of aryl methyl sites for hydroxylation is 1. The predicted octanol–water partition coefficient (Wildman–Crippen LogP) is 4.65. The number of primary amides is 1. The molecule has 0 atom stereocenters. The molecule has 0 saturated carbocycles. The minimum absolute atomic E-state index is 0.00764. The Morgan fingerprint density at radius 3 is 2.24 bits per heavy atom. The van der Waals surface area contributed by atoms with E-state index in [0.29, 0.717) is 5.56 Å². The van der Waals surface area contributed by atoms with Gasteiger partial charge in [-0.3, -0.25) is 4.79 Å². The summed E-state index contributed by atoms with van der Waals surface area (Å²) in [5.74, 6) is -0.604. The molecule has 186 valence electrons. The lowest BCUT2D eigenvalue weighted by atomic mass is 10.1. The monoisotopic (exact) mass is 488 g/mol. The van der Waals surface area contributed by atoms with E-state index in [0.717, 1.165) is 37.1 Å². The van der Waals surface area contributed by atoms with E-state index in [4.69, 9.17) is 5.73 Å². The smallest absolute Gasteiger partial charge is 0.406 e. The summed E-state index contributed by atoms with van der Waals surface area (Å²) in [4.78, 5) is 12.9. The summed E-state index contributed by atoms with van der Waals surface area (Å²) < 4.78 is 73.5. The number of rotatable bonds is 7. The normalized spacial score (nSPS) is 16.6. The molecule has 6 nitrogen and oxygen atoms in total. The van der Waals surface area contributed by atoms with Crippen LogP contribution in [0.15, 0.2) is 42.5 Å². The molecule has 1 saturated heterocycles. The predicted molar refractivity (Wildman–Crippen MR) is 113 cm³/mol. The lowest BCUT2D eigenvalue weighted by Crippen LogP contribution is -2.25. The maximum Gasteiger partial charge on any atom is 0.586 e. The highest BCUT2D eigenvalue weighted by Gasteiger charge is 2.43. The second kappa shape index (κ2) is 10.9. The van der Waals surface area contributed by atoms with Gasteiger partial charge in [0.05, 0.1) is 6.42 Å². The fraction of sp³-hybridized carbons (Fsp3) is 0.435. The van der Waals surface area contributed by atoms with Crippen molar-refractivity contribution in [2.75, 3.05) is 19.6 Å². The van der Waals surface area contributed by atoms with E-state index in [-0.39, 0.29) is 23.7 Å². The van der Waals surface area contributed by atoms with E-state index in [1.54, 1.807) is 12.1 Å². The van der Waals surface area contributed by atoms with Gasteiger partial charge in [-0.1, -0.05) is 18.2 Å². The zero-order valence-electron chi connectivity index (χ0n) is 18.2. The molecule has 2 aromatic rings. The number of benzene rings is 2. The van der Waals surface area contributed by atoms with E-state index in [2.05, 4.69) is 19.1 Å². The molecule has 0 spiro atoms. The number of likely N-dealkylation sites (tertiary alicyclic amines) is 1. The molecule has 0 unspecified atom stereocenters. The van der Waals surface area contributed by atoms with Crippen LogP contribution in [0.3, 0.4) is 0 Å². The third-order valence-corrected chi connectivity index (χ3v) is 5.14. The first kappa shape index (κ1) is 25.5. The van der Waals surface area contributed by atoms with Gasteiger partial charge in [0.25, 0.3) is 0 Å². The summed E-state index contributed by atoms with van der Waals surface area (Å²) >= 11 is 0. The number of carbonyl (C=O) groups is 1. The number of amides is 1. The van der Waals surface area contributed by atoms with Gasteiger partial charge < -0.3 is 24.8 Å². The molecule has 2 N–H and O–H groups in total. The van der Waals surface area contributed by atoms with Gasteiger partial charge in [0, 0.05) is 0 Å². The van der Waals surface area contributed by atoms with E-state index in [1.807, 2.05) is 6.07 Å². The minimum atomic E-state index is -4.70. The summed E-state index contributed by atoms with van der Waals surface area (Å²) in [6.07, 6.45) is -3.74. The topological polar surface area (TPSA) is 74.0 Å². The number of carbonyl (C=O) groups excluding carboxylic acids is 1. The average molecular weight is 488 g/mol. The summed E-state index contributed by atoms with van der Waals surface area (Å²) in [7, 11) is 0. The molecule has 1 fully saturated rings. The quantitative estimate of drug-likeness (QED) is 0.575. The molecular formula is C23H25F5N2O4. The number of halogens is 5. The van der Waals surface area contributed by atoms with Crippen LogP contribution in [0.25, 0.3) is 0 Å². The van der Waals surface area contributed by atoms with Crippen LogP contribution < -0.4 is 19.9 Å². The molecule has 34 heavy (non-hydrogen) atoms. The second-order valence-electron chi connectivity index (χ2n) is 7.94. The molecule has 0 radical (unpaired) electrons. The molecule has 2 aliphatic rings. The number of fused-ring (bicyclic) bond motifs is 1. The Labute approximate surface area is 193 Å². The Balaban J connectivity index is 0.000000197. The van der Waals surface area contributed by atoms with Gasteiger partial charge >= 0.3 is 12.7 Å². The molecule has 0 bridgehead atoms. The number of hydrogen-bond donors (Lipinski definition) is 1. The van der Waals surface area contributed by atoms with Crippen molar-refractivity contribution in [3.63, 3.8) is 0 Å². The third-order valence-electron chi connectivity index (χ3n) is 5.14. The lowest BCUT2D eigenvalue weighted by molar-refractivity contribution is -0.286. The van der Waals surface area contributed by atoms with Crippen molar-refractivity contribution < 1.29 is 41.0 Å². The van der Waals surface area contributed by atoms with Crippen LogP contribution in [0.5, 0.6) is 17.2 Å². The molecule has 4 rings (SSSR count). The fourth-order valence-electron chi connectivity index (χ4n) is 3.67. The highest BCUT2D eigenvalue weighted by molar-refractivity contribution is 5.76. The number of nitrogens with two attached hydrogens (primary N) is 1. The minimum Gasteiger partial charge on any atom is -0.406 e. The van der Waals surface area contributed by atoms with Crippen LogP contribution in [0.1, 0.15) is 30.4 Å². The highest BCUT2D eigenvalue weighted by Crippen LogP contribution is 2.41. The van der Waals surface area contributed by atoms with E-state index in [9.17, 15) is 26.7 Å². The Morgan fingerprint density at radius 1 is 1.00 bits per heavy atom. The molecule has 1 amide bonds. The van der Waals surface area contributed by atoms with Crippen LogP contribution in [-0.4, -0.2) is 43.1 Å². The first-order valence-electron chi connectivity index (χ1n) is 10.7. The first-order valence-corrected chi connectivity index (χ1v) is 10.7. The van der Waals surface area contributed by atoms with Crippen molar-refractivity contribution in [1.82, 2.24) is 4.90 Å². The van der Waals surface area contributed by atoms with Crippen molar-refractivity contribution in [2.24, 2.45) is 5.73 Å². The molecule has 0 aromatic heterocycles. The number of hydrogen-bond acceptors (Lipinski definition) is 5. The Hall–Kier alpha value is -3.08. The van der Waals surface area contributed by atoms with Gasteiger partial charge in [-0.15, -0.1) is 22.0 Å². The maximum absolute atomic E-state index is 12.9. The van der Waals surface area contributed by atoms with Crippen LogP contribution in [-0.2, 0) is 17.6 Å².